The lowest BCUT2D eigenvalue weighted by Crippen LogP contribution is -2.13. The van der Waals surface area contributed by atoms with Crippen LogP contribution < -0.4 is 10.9 Å². The van der Waals surface area contributed by atoms with Gasteiger partial charge in [-0.3, -0.25) is 9.78 Å². The van der Waals surface area contributed by atoms with Crippen molar-refractivity contribution in [2.24, 2.45) is 0 Å². The summed E-state index contributed by atoms with van der Waals surface area (Å²) in [6, 6.07) is 17.8. The first-order chi connectivity index (χ1) is 13.1. The number of H-pyrrole nitrogens is 1. The van der Waals surface area contributed by atoms with Gasteiger partial charge >= 0.3 is 0 Å². The molecule has 2 aromatic carbocycles. The molecule has 0 fully saturated rings. The molecule has 0 aliphatic heterocycles. The highest BCUT2D eigenvalue weighted by atomic mass is 32.2. The average molecular weight is 374 g/mol. The second-order valence-corrected chi connectivity index (χ2v) is 7.07. The first-order valence-electron chi connectivity index (χ1n) is 8.51. The molecule has 0 bridgehead atoms. The number of thioether (sulfide) groups is 1. The molecular formula is C21H18N4OS. The van der Waals surface area contributed by atoms with Gasteiger partial charge in [0.05, 0.1) is 5.39 Å². The molecule has 4 rings (SSSR count). The molecule has 2 aromatic heterocycles. The van der Waals surface area contributed by atoms with Crippen molar-refractivity contribution in [2.45, 2.75) is 11.8 Å². The van der Waals surface area contributed by atoms with Crippen LogP contribution in [0.25, 0.3) is 22.2 Å². The number of aromatic nitrogens is 3. The minimum absolute atomic E-state index is 0.216. The summed E-state index contributed by atoms with van der Waals surface area (Å²) in [6.45, 7) is 2.01. The molecular weight excluding hydrogens is 356 g/mol. The molecule has 0 saturated heterocycles. The van der Waals surface area contributed by atoms with E-state index in [-0.39, 0.29) is 5.56 Å². The largest absolute Gasteiger partial charge is 0.326 e. The minimum atomic E-state index is -0.216. The number of nitrogens with zero attached hydrogens (tertiary/aromatic N) is 2. The van der Waals surface area contributed by atoms with Crippen LogP contribution in [0.15, 0.2) is 70.5 Å². The van der Waals surface area contributed by atoms with E-state index in [2.05, 4.69) is 20.3 Å². The van der Waals surface area contributed by atoms with E-state index in [1.165, 1.54) is 4.90 Å². The Morgan fingerprint density at radius 3 is 2.63 bits per heavy atom. The summed E-state index contributed by atoms with van der Waals surface area (Å²) in [7, 11) is 0. The van der Waals surface area contributed by atoms with Gasteiger partial charge in [0.1, 0.15) is 0 Å². The van der Waals surface area contributed by atoms with E-state index >= 15 is 0 Å². The molecule has 2 heterocycles. The van der Waals surface area contributed by atoms with Gasteiger partial charge in [0, 0.05) is 16.8 Å². The fraction of sp³-hybridized carbons (Fsp3) is 0.0952. The number of fused-ring (bicyclic) bond motifs is 1. The third-order valence-electron chi connectivity index (χ3n) is 4.29. The number of nitrogens with one attached hydrogen (secondary N) is 2. The number of benzene rings is 2. The summed E-state index contributed by atoms with van der Waals surface area (Å²) in [5.74, 6) is 0.375. The van der Waals surface area contributed by atoms with Crippen LogP contribution in [-0.4, -0.2) is 21.2 Å². The Hall–Kier alpha value is -3.12. The standard InChI is InChI=1S/C21H18N4OS/c1-13-4-3-5-15(12-13)23-21-24-19-18(20(26)25-21)17(10-11-22-19)14-6-8-16(27-2)9-7-14/h3-12H,1-2H3,(H2,22,23,24,25,26). The lowest BCUT2D eigenvalue weighted by atomic mass is 10.0. The number of aryl methyl sites for hydroxylation is 1. The van der Waals surface area contributed by atoms with Crippen LogP contribution in [0.4, 0.5) is 11.6 Å². The smallest absolute Gasteiger partial charge is 0.262 e. The van der Waals surface area contributed by atoms with Gasteiger partial charge < -0.3 is 5.32 Å². The first-order valence-corrected chi connectivity index (χ1v) is 9.74. The zero-order chi connectivity index (χ0) is 18.8. The highest BCUT2D eigenvalue weighted by molar-refractivity contribution is 7.98. The van der Waals surface area contributed by atoms with Crippen LogP contribution in [0.2, 0.25) is 0 Å². The average Bonchev–Trinajstić information content (AvgIpc) is 2.67. The Labute approximate surface area is 160 Å². The Morgan fingerprint density at radius 2 is 1.89 bits per heavy atom. The number of hydrogen-bond acceptors (Lipinski definition) is 5. The van der Waals surface area contributed by atoms with E-state index < -0.39 is 0 Å². The predicted molar refractivity (Wildman–Crippen MR) is 112 cm³/mol. The summed E-state index contributed by atoms with van der Waals surface area (Å²) in [5, 5.41) is 3.63. The van der Waals surface area contributed by atoms with Crippen molar-refractivity contribution in [3.8, 4) is 11.1 Å². The van der Waals surface area contributed by atoms with Crippen molar-refractivity contribution in [3.05, 3.63) is 76.7 Å². The van der Waals surface area contributed by atoms with Gasteiger partial charge in [-0.05, 0) is 60.2 Å². The van der Waals surface area contributed by atoms with Crippen LogP contribution in [0.5, 0.6) is 0 Å². The van der Waals surface area contributed by atoms with E-state index in [0.29, 0.717) is 17.0 Å². The second-order valence-electron chi connectivity index (χ2n) is 6.19. The van der Waals surface area contributed by atoms with Crippen molar-refractivity contribution < 1.29 is 0 Å². The molecule has 6 heteroatoms. The molecule has 0 spiro atoms. The molecule has 0 radical (unpaired) electrons. The maximum absolute atomic E-state index is 12.8. The van der Waals surface area contributed by atoms with Crippen LogP contribution >= 0.6 is 11.8 Å². The third-order valence-corrected chi connectivity index (χ3v) is 5.03. The number of hydrogen-bond donors (Lipinski definition) is 2. The minimum Gasteiger partial charge on any atom is -0.326 e. The molecule has 0 atom stereocenters. The summed E-state index contributed by atoms with van der Waals surface area (Å²) >= 11 is 1.68. The highest BCUT2D eigenvalue weighted by Crippen LogP contribution is 2.27. The molecule has 0 saturated carbocycles. The van der Waals surface area contributed by atoms with E-state index in [9.17, 15) is 4.79 Å². The molecule has 0 aliphatic carbocycles. The quantitative estimate of drug-likeness (QED) is 0.504. The lowest BCUT2D eigenvalue weighted by molar-refractivity contribution is 1.14. The number of anilines is 2. The fourth-order valence-corrected chi connectivity index (χ4v) is 3.40. The highest BCUT2D eigenvalue weighted by Gasteiger charge is 2.11. The van der Waals surface area contributed by atoms with Crippen molar-refractivity contribution in [1.82, 2.24) is 15.0 Å². The molecule has 2 N–H and O–H groups in total. The van der Waals surface area contributed by atoms with Gasteiger partial charge in [0.2, 0.25) is 5.95 Å². The Bertz CT molecular complexity index is 1170. The predicted octanol–water partition coefficient (Wildman–Crippen LogP) is 4.76. The molecule has 4 aromatic rings. The van der Waals surface area contributed by atoms with Crippen molar-refractivity contribution in [1.29, 1.82) is 0 Å². The van der Waals surface area contributed by atoms with Crippen molar-refractivity contribution in [2.75, 3.05) is 11.6 Å². The van der Waals surface area contributed by atoms with E-state index in [1.54, 1.807) is 18.0 Å². The topological polar surface area (TPSA) is 70.7 Å². The molecule has 0 unspecified atom stereocenters. The van der Waals surface area contributed by atoms with Crippen LogP contribution in [0.1, 0.15) is 5.56 Å². The summed E-state index contributed by atoms with van der Waals surface area (Å²) in [4.78, 5) is 25.6. The molecule has 0 aliphatic rings. The van der Waals surface area contributed by atoms with Crippen LogP contribution in [0, 0.1) is 6.92 Å². The molecule has 0 amide bonds. The zero-order valence-electron chi connectivity index (χ0n) is 15.0. The Morgan fingerprint density at radius 1 is 1.07 bits per heavy atom. The van der Waals surface area contributed by atoms with Gasteiger partial charge in [-0.15, -0.1) is 11.8 Å². The summed E-state index contributed by atoms with van der Waals surface area (Å²) in [5.41, 5.74) is 3.97. The van der Waals surface area contributed by atoms with Crippen LogP contribution in [-0.2, 0) is 0 Å². The SMILES string of the molecule is CSc1ccc(-c2ccnc3nc(Nc4cccc(C)c4)[nH]c(=O)c23)cc1. The third kappa shape index (κ3) is 3.57. The normalized spacial score (nSPS) is 10.9. The van der Waals surface area contributed by atoms with Gasteiger partial charge in [-0.1, -0.05) is 24.3 Å². The summed E-state index contributed by atoms with van der Waals surface area (Å²) in [6.07, 6.45) is 3.72. The fourth-order valence-electron chi connectivity index (χ4n) is 2.99. The van der Waals surface area contributed by atoms with Crippen LogP contribution in [0.3, 0.4) is 0 Å². The number of pyridine rings is 1. The van der Waals surface area contributed by atoms with E-state index in [4.69, 9.17) is 0 Å². The van der Waals surface area contributed by atoms with Gasteiger partial charge in [0.15, 0.2) is 5.65 Å². The molecule has 5 nitrogen and oxygen atoms in total. The lowest BCUT2D eigenvalue weighted by Gasteiger charge is -2.09. The molecule has 27 heavy (non-hydrogen) atoms. The van der Waals surface area contributed by atoms with Gasteiger partial charge in [-0.25, -0.2) is 4.98 Å². The first kappa shape index (κ1) is 17.3. The summed E-state index contributed by atoms with van der Waals surface area (Å²) < 4.78 is 0. The second kappa shape index (κ2) is 7.25. The maximum atomic E-state index is 12.8. The number of aromatic amines is 1. The Balaban J connectivity index is 1.79. The van der Waals surface area contributed by atoms with Gasteiger partial charge in [0.25, 0.3) is 5.56 Å². The monoisotopic (exact) mass is 374 g/mol. The van der Waals surface area contributed by atoms with E-state index in [0.717, 1.165) is 22.4 Å². The van der Waals surface area contributed by atoms with Gasteiger partial charge in [-0.2, -0.15) is 4.98 Å². The Kier molecular flexibility index (Phi) is 4.64. The zero-order valence-corrected chi connectivity index (χ0v) is 15.8. The van der Waals surface area contributed by atoms with E-state index in [1.807, 2.05) is 67.8 Å². The van der Waals surface area contributed by atoms with Crippen molar-refractivity contribution in [3.63, 3.8) is 0 Å². The van der Waals surface area contributed by atoms with Crippen molar-refractivity contribution >= 4 is 34.4 Å². The number of rotatable bonds is 4. The maximum Gasteiger partial charge on any atom is 0.262 e. The molecule has 134 valence electrons.